The van der Waals surface area contributed by atoms with Crippen LogP contribution in [0.1, 0.15) is 26.2 Å². The first-order valence-electron chi connectivity index (χ1n) is 4.25. The molecule has 0 saturated heterocycles. The number of unbranched alkanes of at least 4 members (excludes halogenated alkanes) is 2. The van der Waals surface area contributed by atoms with Gasteiger partial charge in [-0.1, -0.05) is 19.8 Å². The molecule has 0 radical (unpaired) electrons. The maximum atomic E-state index is 5.69. The fourth-order valence-electron chi connectivity index (χ4n) is 1.16. The van der Waals surface area contributed by atoms with Crippen LogP contribution in [-0.4, -0.2) is 4.57 Å². The number of aryl methyl sites for hydroxylation is 1. The van der Waals surface area contributed by atoms with Crippen LogP contribution in [0.3, 0.4) is 0 Å². The lowest BCUT2D eigenvalue weighted by atomic mass is 10.2. The molecule has 0 saturated carbocycles. The summed E-state index contributed by atoms with van der Waals surface area (Å²) in [7, 11) is 0. The molecular weight excluding hydrogens is 136 g/mol. The molecule has 1 aromatic heterocycles. The van der Waals surface area contributed by atoms with E-state index in [1.165, 1.54) is 19.3 Å². The predicted molar refractivity (Wildman–Crippen MR) is 48.4 cm³/mol. The summed E-state index contributed by atoms with van der Waals surface area (Å²) in [5.74, 6) is 0.876. The molecular formula is C9H16N2. The molecule has 0 aromatic carbocycles. The smallest absolute Gasteiger partial charge is 0.103 e. The molecule has 0 unspecified atom stereocenters. The standard InChI is InChI=1S/C9H16N2/c1-2-3-4-7-11-8-5-6-9(11)10/h5-6,8H,2-4,7,10H2,1H3. The average Bonchev–Trinajstić information content (AvgIpc) is 2.37. The zero-order valence-corrected chi connectivity index (χ0v) is 7.09. The van der Waals surface area contributed by atoms with E-state index in [0.29, 0.717) is 0 Å². The molecule has 0 atom stereocenters. The summed E-state index contributed by atoms with van der Waals surface area (Å²) in [6.07, 6.45) is 5.82. The van der Waals surface area contributed by atoms with Gasteiger partial charge in [0.2, 0.25) is 0 Å². The van der Waals surface area contributed by atoms with E-state index >= 15 is 0 Å². The van der Waals surface area contributed by atoms with E-state index in [0.717, 1.165) is 12.4 Å². The molecule has 62 valence electrons. The molecule has 1 rings (SSSR count). The van der Waals surface area contributed by atoms with Gasteiger partial charge in [-0.3, -0.25) is 0 Å². The van der Waals surface area contributed by atoms with Crippen molar-refractivity contribution in [2.75, 3.05) is 5.73 Å². The molecule has 2 heteroatoms. The Balaban J connectivity index is 2.32. The largest absolute Gasteiger partial charge is 0.385 e. The number of nitrogen functional groups attached to an aromatic ring is 1. The zero-order valence-electron chi connectivity index (χ0n) is 7.09. The van der Waals surface area contributed by atoms with Crippen LogP contribution >= 0.6 is 0 Å². The second-order valence-corrected chi connectivity index (χ2v) is 2.83. The van der Waals surface area contributed by atoms with Crippen molar-refractivity contribution in [1.29, 1.82) is 0 Å². The molecule has 0 bridgehead atoms. The minimum Gasteiger partial charge on any atom is -0.385 e. The lowest BCUT2D eigenvalue weighted by Crippen LogP contribution is -2.00. The number of anilines is 1. The molecule has 0 fully saturated rings. The Labute approximate surface area is 68.0 Å². The van der Waals surface area contributed by atoms with Crippen molar-refractivity contribution in [1.82, 2.24) is 4.57 Å². The minimum atomic E-state index is 0.876. The van der Waals surface area contributed by atoms with Gasteiger partial charge in [-0.05, 0) is 18.6 Å². The zero-order chi connectivity index (χ0) is 8.10. The predicted octanol–water partition coefficient (Wildman–Crippen LogP) is 2.26. The maximum Gasteiger partial charge on any atom is 0.103 e. The summed E-state index contributed by atoms with van der Waals surface area (Å²) >= 11 is 0. The highest BCUT2D eigenvalue weighted by molar-refractivity contribution is 5.29. The number of rotatable bonds is 4. The number of nitrogens with zero attached hydrogens (tertiary/aromatic N) is 1. The average molecular weight is 152 g/mol. The van der Waals surface area contributed by atoms with Crippen LogP contribution in [0, 0.1) is 0 Å². The first-order valence-corrected chi connectivity index (χ1v) is 4.25. The van der Waals surface area contributed by atoms with E-state index in [-0.39, 0.29) is 0 Å². The van der Waals surface area contributed by atoms with Crippen LogP contribution in [-0.2, 0) is 6.54 Å². The molecule has 2 N–H and O–H groups in total. The highest BCUT2D eigenvalue weighted by Gasteiger charge is 1.93. The Morgan fingerprint density at radius 1 is 1.45 bits per heavy atom. The van der Waals surface area contributed by atoms with E-state index in [4.69, 9.17) is 5.73 Å². The third-order valence-electron chi connectivity index (χ3n) is 1.87. The van der Waals surface area contributed by atoms with Crippen molar-refractivity contribution in [2.24, 2.45) is 0 Å². The van der Waals surface area contributed by atoms with Crippen LogP contribution in [0.25, 0.3) is 0 Å². The monoisotopic (exact) mass is 152 g/mol. The summed E-state index contributed by atoms with van der Waals surface area (Å²) in [6, 6.07) is 3.92. The van der Waals surface area contributed by atoms with E-state index < -0.39 is 0 Å². The Hall–Kier alpha value is -0.920. The second kappa shape index (κ2) is 4.06. The van der Waals surface area contributed by atoms with Gasteiger partial charge in [0, 0.05) is 12.7 Å². The SMILES string of the molecule is CCCCCn1cccc1N. The van der Waals surface area contributed by atoms with Crippen LogP contribution in [0.2, 0.25) is 0 Å². The van der Waals surface area contributed by atoms with Crippen molar-refractivity contribution in [2.45, 2.75) is 32.7 Å². The number of hydrogen-bond acceptors (Lipinski definition) is 1. The molecule has 2 nitrogen and oxygen atoms in total. The number of aromatic nitrogens is 1. The summed E-state index contributed by atoms with van der Waals surface area (Å²) in [5.41, 5.74) is 5.69. The van der Waals surface area contributed by atoms with Crippen molar-refractivity contribution in [3.05, 3.63) is 18.3 Å². The quantitative estimate of drug-likeness (QED) is 0.659. The Morgan fingerprint density at radius 2 is 2.27 bits per heavy atom. The maximum absolute atomic E-state index is 5.69. The first-order chi connectivity index (χ1) is 5.34. The topological polar surface area (TPSA) is 30.9 Å². The molecule has 0 aliphatic carbocycles. The molecule has 1 heterocycles. The van der Waals surface area contributed by atoms with Gasteiger partial charge in [-0.15, -0.1) is 0 Å². The number of nitrogens with two attached hydrogens (primary N) is 1. The Bertz CT molecular complexity index is 203. The van der Waals surface area contributed by atoms with Crippen LogP contribution in [0.15, 0.2) is 18.3 Å². The Kier molecular flexibility index (Phi) is 3.02. The normalized spacial score (nSPS) is 10.3. The van der Waals surface area contributed by atoms with Crippen molar-refractivity contribution >= 4 is 5.82 Å². The van der Waals surface area contributed by atoms with Gasteiger partial charge in [0.25, 0.3) is 0 Å². The van der Waals surface area contributed by atoms with Gasteiger partial charge in [-0.25, -0.2) is 0 Å². The number of hydrogen-bond donors (Lipinski definition) is 1. The highest BCUT2D eigenvalue weighted by atomic mass is 15.0. The fourth-order valence-corrected chi connectivity index (χ4v) is 1.16. The lowest BCUT2D eigenvalue weighted by molar-refractivity contribution is 0.610. The second-order valence-electron chi connectivity index (χ2n) is 2.83. The minimum absolute atomic E-state index is 0.876. The van der Waals surface area contributed by atoms with Gasteiger partial charge >= 0.3 is 0 Å². The molecule has 0 spiro atoms. The molecule has 1 aromatic rings. The van der Waals surface area contributed by atoms with Crippen molar-refractivity contribution in [3.63, 3.8) is 0 Å². The highest BCUT2D eigenvalue weighted by Crippen LogP contribution is 2.06. The summed E-state index contributed by atoms with van der Waals surface area (Å²) in [4.78, 5) is 0. The van der Waals surface area contributed by atoms with Gasteiger partial charge in [0.05, 0.1) is 0 Å². The summed E-state index contributed by atoms with van der Waals surface area (Å²) in [6.45, 7) is 3.27. The fraction of sp³-hybridized carbons (Fsp3) is 0.556. The van der Waals surface area contributed by atoms with Crippen molar-refractivity contribution < 1.29 is 0 Å². The molecule has 0 aliphatic heterocycles. The van der Waals surface area contributed by atoms with Gasteiger partial charge in [-0.2, -0.15) is 0 Å². The van der Waals surface area contributed by atoms with Gasteiger partial charge < -0.3 is 10.3 Å². The summed E-state index contributed by atoms with van der Waals surface area (Å²) in [5, 5.41) is 0. The van der Waals surface area contributed by atoms with E-state index in [2.05, 4.69) is 11.5 Å². The molecule has 0 amide bonds. The third kappa shape index (κ3) is 2.30. The van der Waals surface area contributed by atoms with Crippen molar-refractivity contribution in [3.8, 4) is 0 Å². The summed E-state index contributed by atoms with van der Waals surface area (Å²) < 4.78 is 2.09. The van der Waals surface area contributed by atoms with Gasteiger partial charge in [0.1, 0.15) is 5.82 Å². The Morgan fingerprint density at radius 3 is 2.82 bits per heavy atom. The van der Waals surface area contributed by atoms with E-state index in [9.17, 15) is 0 Å². The first kappa shape index (κ1) is 8.18. The van der Waals surface area contributed by atoms with Crippen LogP contribution in [0.4, 0.5) is 5.82 Å². The van der Waals surface area contributed by atoms with Crippen LogP contribution < -0.4 is 5.73 Å². The molecule has 0 aliphatic rings. The van der Waals surface area contributed by atoms with Crippen LogP contribution in [0.5, 0.6) is 0 Å². The third-order valence-corrected chi connectivity index (χ3v) is 1.87. The van der Waals surface area contributed by atoms with E-state index in [1.54, 1.807) is 0 Å². The molecule has 11 heavy (non-hydrogen) atoms. The van der Waals surface area contributed by atoms with Gasteiger partial charge in [0.15, 0.2) is 0 Å². The van der Waals surface area contributed by atoms with E-state index in [1.807, 2.05) is 18.3 Å². The lowest BCUT2D eigenvalue weighted by Gasteiger charge is -2.03.